The predicted octanol–water partition coefficient (Wildman–Crippen LogP) is 1.52. The molecule has 0 spiro atoms. The molecule has 1 aromatic heterocycles. The largest absolute Gasteiger partial charge is 0.491 e. The highest BCUT2D eigenvalue weighted by atomic mass is 16.5. The van der Waals surface area contributed by atoms with E-state index in [4.69, 9.17) is 10.5 Å². The van der Waals surface area contributed by atoms with Gasteiger partial charge < -0.3 is 15.6 Å². The van der Waals surface area contributed by atoms with Crippen molar-refractivity contribution in [1.82, 2.24) is 14.7 Å². The van der Waals surface area contributed by atoms with E-state index in [1.54, 1.807) is 6.20 Å². The first-order chi connectivity index (χ1) is 10.2. The first-order valence-corrected chi connectivity index (χ1v) is 8.11. The summed E-state index contributed by atoms with van der Waals surface area (Å²) >= 11 is 0. The van der Waals surface area contributed by atoms with E-state index in [0.717, 1.165) is 26.1 Å². The third-order valence-corrected chi connectivity index (χ3v) is 5.50. The van der Waals surface area contributed by atoms with Crippen molar-refractivity contribution < 1.29 is 9.84 Å². The molecule has 3 N–H and O–H groups in total. The SMILES string of the molecule is Nc1cn([C@H]2CC[C@H](N3C4CCC3COC4)CC2)nc1O. The van der Waals surface area contributed by atoms with E-state index in [0.29, 0.717) is 29.9 Å². The zero-order valence-corrected chi connectivity index (χ0v) is 12.3. The molecule has 116 valence electrons. The molecule has 3 heterocycles. The molecule has 21 heavy (non-hydrogen) atoms. The van der Waals surface area contributed by atoms with Crippen molar-refractivity contribution >= 4 is 5.69 Å². The van der Waals surface area contributed by atoms with Crippen LogP contribution in [0.3, 0.4) is 0 Å². The molecule has 3 fully saturated rings. The Labute approximate surface area is 124 Å². The summed E-state index contributed by atoms with van der Waals surface area (Å²) in [6, 6.07) is 2.37. The molecular formula is C15H24N4O2. The van der Waals surface area contributed by atoms with E-state index in [1.807, 2.05) is 4.68 Å². The van der Waals surface area contributed by atoms with E-state index >= 15 is 0 Å². The van der Waals surface area contributed by atoms with Crippen molar-refractivity contribution in [2.24, 2.45) is 0 Å². The molecule has 1 aromatic rings. The van der Waals surface area contributed by atoms with Gasteiger partial charge >= 0.3 is 0 Å². The number of rotatable bonds is 2. The number of fused-ring (bicyclic) bond motifs is 2. The third kappa shape index (κ3) is 2.30. The Balaban J connectivity index is 1.40. The van der Waals surface area contributed by atoms with Gasteiger partial charge in [0.05, 0.1) is 25.5 Å². The maximum absolute atomic E-state index is 9.53. The number of anilines is 1. The maximum Gasteiger partial charge on any atom is 0.253 e. The predicted molar refractivity (Wildman–Crippen MR) is 79.1 cm³/mol. The van der Waals surface area contributed by atoms with Crippen LogP contribution in [0.4, 0.5) is 5.69 Å². The average molecular weight is 292 g/mol. The Morgan fingerprint density at radius 3 is 2.14 bits per heavy atom. The standard InChI is InChI=1S/C15H24N4O2/c16-14-7-18(17-15(14)20)10-1-3-11(4-2-10)19-12-5-6-13(19)9-21-8-12/h7,10-13H,1-6,8-9,16H2,(H,17,20)/t10-,11-,12?,13?. The molecule has 0 aromatic carbocycles. The van der Waals surface area contributed by atoms with Crippen LogP contribution in [0.1, 0.15) is 44.6 Å². The van der Waals surface area contributed by atoms with Gasteiger partial charge in [0.1, 0.15) is 5.69 Å². The number of nitrogen functional groups attached to an aromatic ring is 1. The Hall–Kier alpha value is -1.27. The molecule has 6 heteroatoms. The molecule has 4 rings (SSSR count). The van der Waals surface area contributed by atoms with Gasteiger partial charge in [0.15, 0.2) is 0 Å². The van der Waals surface area contributed by atoms with E-state index in [9.17, 15) is 5.11 Å². The minimum atomic E-state index is -0.0386. The van der Waals surface area contributed by atoms with Crippen LogP contribution in [0.5, 0.6) is 5.88 Å². The Morgan fingerprint density at radius 2 is 1.57 bits per heavy atom. The second-order valence-corrected chi connectivity index (χ2v) is 6.72. The lowest BCUT2D eigenvalue weighted by atomic mass is 9.89. The number of aromatic hydroxyl groups is 1. The van der Waals surface area contributed by atoms with E-state index in [2.05, 4.69) is 10.00 Å². The molecule has 0 amide bonds. The van der Waals surface area contributed by atoms with Crippen molar-refractivity contribution in [1.29, 1.82) is 0 Å². The molecular weight excluding hydrogens is 268 g/mol. The maximum atomic E-state index is 9.53. The molecule has 2 bridgehead atoms. The highest BCUT2D eigenvalue weighted by Crippen LogP contribution is 2.38. The smallest absolute Gasteiger partial charge is 0.253 e. The summed E-state index contributed by atoms with van der Waals surface area (Å²) < 4.78 is 7.54. The van der Waals surface area contributed by atoms with Gasteiger partial charge in [-0.1, -0.05) is 0 Å². The van der Waals surface area contributed by atoms with Crippen LogP contribution in [-0.2, 0) is 4.74 Å². The monoisotopic (exact) mass is 292 g/mol. The molecule has 2 aliphatic heterocycles. The summed E-state index contributed by atoms with van der Waals surface area (Å²) in [4.78, 5) is 2.74. The molecule has 1 aliphatic carbocycles. The first kappa shape index (κ1) is 13.4. The second kappa shape index (κ2) is 5.18. The van der Waals surface area contributed by atoms with Gasteiger partial charge in [-0.15, -0.1) is 5.10 Å². The van der Waals surface area contributed by atoms with Crippen LogP contribution >= 0.6 is 0 Å². The van der Waals surface area contributed by atoms with Crippen LogP contribution in [0.15, 0.2) is 6.20 Å². The minimum absolute atomic E-state index is 0.0386. The Morgan fingerprint density at radius 1 is 1.00 bits per heavy atom. The third-order valence-electron chi connectivity index (χ3n) is 5.50. The van der Waals surface area contributed by atoms with Gasteiger partial charge in [0, 0.05) is 18.1 Å². The van der Waals surface area contributed by atoms with E-state index in [-0.39, 0.29) is 5.88 Å². The lowest BCUT2D eigenvalue weighted by molar-refractivity contribution is -0.0458. The molecule has 2 saturated heterocycles. The summed E-state index contributed by atoms with van der Waals surface area (Å²) in [6.07, 6.45) is 9.00. The number of nitrogens with zero attached hydrogens (tertiary/aromatic N) is 3. The molecule has 1 saturated carbocycles. The summed E-state index contributed by atoms with van der Waals surface area (Å²) in [5.41, 5.74) is 6.06. The highest BCUT2D eigenvalue weighted by Gasteiger charge is 2.42. The van der Waals surface area contributed by atoms with Gasteiger partial charge in [0.2, 0.25) is 0 Å². The van der Waals surface area contributed by atoms with Crippen LogP contribution in [-0.4, -0.2) is 51.1 Å². The fraction of sp³-hybridized carbons (Fsp3) is 0.800. The van der Waals surface area contributed by atoms with Crippen LogP contribution in [0, 0.1) is 0 Å². The molecule has 3 aliphatic rings. The van der Waals surface area contributed by atoms with Gasteiger partial charge in [-0.05, 0) is 38.5 Å². The summed E-state index contributed by atoms with van der Waals surface area (Å²) in [7, 11) is 0. The highest BCUT2D eigenvalue weighted by molar-refractivity contribution is 5.44. The zero-order chi connectivity index (χ0) is 14.4. The first-order valence-electron chi connectivity index (χ1n) is 8.11. The molecule has 6 nitrogen and oxygen atoms in total. The van der Waals surface area contributed by atoms with Crippen molar-refractivity contribution in [2.45, 2.75) is 62.7 Å². The number of aromatic nitrogens is 2. The van der Waals surface area contributed by atoms with Crippen molar-refractivity contribution in [3.63, 3.8) is 0 Å². The topological polar surface area (TPSA) is 76.5 Å². The molecule has 2 atom stereocenters. The molecule has 2 unspecified atom stereocenters. The number of morpholine rings is 1. The number of ether oxygens (including phenoxy) is 1. The summed E-state index contributed by atoms with van der Waals surface area (Å²) in [5, 5.41) is 13.7. The van der Waals surface area contributed by atoms with Crippen LogP contribution in [0.25, 0.3) is 0 Å². The van der Waals surface area contributed by atoms with Gasteiger partial charge in [-0.2, -0.15) is 0 Å². The number of hydrogen-bond acceptors (Lipinski definition) is 5. The van der Waals surface area contributed by atoms with Crippen LogP contribution < -0.4 is 5.73 Å². The second-order valence-electron chi connectivity index (χ2n) is 6.72. The lowest BCUT2D eigenvalue weighted by Crippen LogP contribution is -2.52. The normalized spacial score (nSPS) is 37.0. The molecule has 0 radical (unpaired) electrons. The van der Waals surface area contributed by atoms with Crippen molar-refractivity contribution in [2.75, 3.05) is 18.9 Å². The van der Waals surface area contributed by atoms with Gasteiger partial charge in [-0.25, -0.2) is 0 Å². The zero-order valence-electron chi connectivity index (χ0n) is 12.3. The van der Waals surface area contributed by atoms with Crippen LogP contribution in [0.2, 0.25) is 0 Å². The fourth-order valence-electron chi connectivity index (χ4n) is 4.46. The van der Waals surface area contributed by atoms with E-state index in [1.165, 1.54) is 25.7 Å². The summed E-state index contributed by atoms with van der Waals surface area (Å²) in [5.74, 6) is -0.0386. The minimum Gasteiger partial charge on any atom is -0.491 e. The van der Waals surface area contributed by atoms with Gasteiger partial charge in [0.25, 0.3) is 5.88 Å². The summed E-state index contributed by atoms with van der Waals surface area (Å²) in [6.45, 7) is 1.83. The van der Waals surface area contributed by atoms with Crippen molar-refractivity contribution in [3.05, 3.63) is 6.20 Å². The average Bonchev–Trinajstić information content (AvgIpc) is 2.96. The number of hydrogen-bond donors (Lipinski definition) is 2. The Bertz CT molecular complexity index is 474. The quantitative estimate of drug-likeness (QED) is 0.864. The van der Waals surface area contributed by atoms with Crippen molar-refractivity contribution in [3.8, 4) is 5.88 Å². The lowest BCUT2D eigenvalue weighted by Gasteiger charge is -2.43. The number of nitrogens with two attached hydrogens (primary N) is 1. The Kier molecular flexibility index (Phi) is 3.30. The fourth-order valence-corrected chi connectivity index (χ4v) is 4.46. The van der Waals surface area contributed by atoms with E-state index < -0.39 is 0 Å². The van der Waals surface area contributed by atoms with Gasteiger partial charge in [-0.3, -0.25) is 9.58 Å².